The number of anilines is 1. The van der Waals surface area contributed by atoms with Crippen LogP contribution in [0.5, 0.6) is 5.75 Å². The fraction of sp³-hybridized carbons (Fsp3) is 0.0526. The molecule has 0 radical (unpaired) electrons. The molecule has 2 aromatic carbocycles. The molecule has 0 aromatic heterocycles. The van der Waals surface area contributed by atoms with Gasteiger partial charge in [0.25, 0.3) is 11.8 Å². The number of phenolic OH excluding ortho intramolecular Hbond substituents is 1. The normalized spacial score (nSPS) is 19.7. The lowest BCUT2D eigenvalue weighted by atomic mass is 10.0. The smallest absolute Gasteiger partial charge is 0.284 e. The number of fused-ring (bicyclic) bond motifs is 1. The largest absolute Gasteiger partial charge is 0.508 e. The maximum absolute atomic E-state index is 12.7. The number of nitrogens with zero attached hydrogens (tertiary/aromatic N) is 1. The van der Waals surface area contributed by atoms with E-state index in [2.05, 4.69) is 10.7 Å². The molecule has 140 valence electrons. The zero-order valence-electron chi connectivity index (χ0n) is 14.2. The number of rotatable bonds is 3. The number of nitrogens with one attached hydrogen (secondary N) is 2. The molecule has 1 saturated heterocycles. The van der Waals surface area contributed by atoms with Gasteiger partial charge in [0.2, 0.25) is 5.91 Å². The van der Waals surface area contributed by atoms with Crippen molar-refractivity contribution in [1.29, 1.82) is 0 Å². The summed E-state index contributed by atoms with van der Waals surface area (Å²) in [4.78, 5) is 37.6. The summed E-state index contributed by atoms with van der Waals surface area (Å²) in [6.07, 6.45) is 1.56. The molecule has 28 heavy (non-hydrogen) atoms. The van der Waals surface area contributed by atoms with Gasteiger partial charge < -0.3 is 10.4 Å². The number of benzene rings is 2. The minimum atomic E-state index is -0.604. The molecule has 2 heterocycles. The maximum atomic E-state index is 12.7. The summed E-state index contributed by atoms with van der Waals surface area (Å²) in [7, 11) is 0. The summed E-state index contributed by atoms with van der Waals surface area (Å²) in [5.41, 5.74) is 4.11. The van der Waals surface area contributed by atoms with Crippen LogP contribution in [-0.4, -0.2) is 32.2 Å². The quantitative estimate of drug-likeness (QED) is 0.530. The topological polar surface area (TPSA) is 98.7 Å². The lowest BCUT2D eigenvalue weighted by Crippen LogP contribution is -2.44. The van der Waals surface area contributed by atoms with Gasteiger partial charge in [0, 0.05) is 11.3 Å². The number of amides is 3. The van der Waals surface area contributed by atoms with E-state index in [9.17, 15) is 19.5 Å². The average molecular weight is 411 g/mol. The van der Waals surface area contributed by atoms with Crippen molar-refractivity contribution in [2.75, 3.05) is 5.32 Å². The van der Waals surface area contributed by atoms with Crippen molar-refractivity contribution in [3.8, 4) is 5.75 Å². The fourth-order valence-corrected chi connectivity index (χ4v) is 4.13. The molecule has 7 nitrogen and oxygen atoms in total. The molecule has 3 amide bonds. The standard InChI is InChI=1S/C19H13N3O4S2/c23-11-5-3-4-10(8-11)16(24)21-22-18(26)15(28-19(22)27)9-13-12-6-1-2-7-14(12)20-17(13)25/h1-9,13,23H,(H,20,25)(H,21,24)/b15-9-/t13-/m0/s1. The Morgan fingerprint density at radius 3 is 2.79 bits per heavy atom. The van der Waals surface area contributed by atoms with Gasteiger partial charge in [0.15, 0.2) is 4.32 Å². The predicted octanol–water partition coefficient (Wildman–Crippen LogP) is 2.52. The lowest BCUT2D eigenvalue weighted by Gasteiger charge is -2.15. The molecule has 4 rings (SSSR count). The molecule has 2 aliphatic heterocycles. The molecule has 3 N–H and O–H groups in total. The summed E-state index contributed by atoms with van der Waals surface area (Å²) in [6.45, 7) is 0. The zero-order chi connectivity index (χ0) is 19.8. The van der Waals surface area contributed by atoms with Crippen LogP contribution in [0.2, 0.25) is 0 Å². The van der Waals surface area contributed by atoms with Gasteiger partial charge in [-0.1, -0.05) is 36.0 Å². The molecule has 2 aliphatic rings. The summed E-state index contributed by atoms with van der Waals surface area (Å²) >= 11 is 6.21. The molecule has 1 fully saturated rings. The Bertz CT molecular complexity index is 1070. The van der Waals surface area contributed by atoms with Crippen LogP contribution < -0.4 is 10.7 Å². The molecule has 0 bridgehead atoms. The Balaban J connectivity index is 1.55. The van der Waals surface area contributed by atoms with Crippen LogP contribution in [0.15, 0.2) is 59.5 Å². The number of carbonyl (C=O) groups is 3. The number of aromatic hydroxyl groups is 1. The molecule has 1 atom stereocenters. The van der Waals surface area contributed by atoms with Crippen LogP contribution in [-0.2, 0) is 9.59 Å². The summed E-state index contributed by atoms with van der Waals surface area (Å²) < 4.78 is 0.149. The minimum Gasteiger partial charge on any atom is -0.508 e. The van der Waals surface area contributed by atoms with Crippen LogP contribution in [0.1, 0.15) is 21.8 Å². The molecule has 0 unspecified atom stereocenters. The molecule has 0 saturated carbocycles. The number of phenols is 1. The van der Waals surface area contributed by atoms with Crippen LogP contribution >= 0.6 is 24.0 Å². The minimum absolute atomic E-state index is 0.0659. The predicted molar refractivity (Wildman–Crippen MR) is 109 cm³/mol. The molecule has 0 aliphatic carbocycles. The number of hydrazine groups is 1. The van der Waals surface area contributed by atoms with Crippen LogP contribution in [0.3, 0.4) is 0 Å². The van der Waals surface area contributed by atoms with Crippen molar-refractivity contribution in [3.63, 3.8) is 0 Å². The van der Waals surface area contributed by atoms with E-state index in [4.69, 9.17) is 12.2 Å². The highest BCUT2D eigenvalue weighted by atomic mass is 32.2. The van der Waals surface area contributed by atoms with Crippen molar-refractivity contribution in [2.45, 2.75) is 5.92 Å². The SMILES string of the molecule is O=C(NN1C(=O)/C(=C/[C@@H]2C(=O)Nc3ccccc32)SC1=S)c1cccc(O)c1. The molecular formula is C19H13N3O4S2. The first-order valence-corrected chi connectivity index (χ1v) is 9.44. The highest BCUT2D eigenvalue weighted by molar-refractivity contribution is 8.26. The highest BCUT2D eigenvalue weighted by Gasteiger charge is 2.37. The van der Waals surface area contributed by atoms with E-state index in [0.29, 0.717) is 5.69 Å². The first kappa shape index (κ1) is 18.2. The van der Waals surface area contributed by atoms with Crippen molar-refractivity contribution < 1.29 is 19.5 Å². The van der Waals surface area contributed by atoms with Gasteiger partial charge in [-0.25, -0.2) is 0 Å². The van der Waals surface area contributed by atoms with E-state index < -0.39 is 17.7 Å². The van der Waals surface area contributed by atoms with Crippen molar-refractivity contribution in [3.05, 3.63) is 70.6 Å². The van der Waals surface area contributed by atoms with Crippen LogP contribution in [0.25, 0.3) is 0 Å². The number of carbonyl (C=O) groups excluding carboxylic acids is 3. The van der Waals surface area contributed by atoms with Gasteiger partial charge >= 0.3 is 0 Å². The van der Waals surface area contributed by atoms with E-state index in [1.54, 1.807) is 12.1 Å². The third kappa shape index (κ3) is 3.25. The van der Waals surface area contributed by atoms with Gasteiger partial charge in [-0.3, -0.25) is 19.8 Å². The van der Waals surface area contributed by atoms with Crippen LogP contribution in [0, 0.1) is 0 Å². The first-order valence-electron chi connectivity index (χ1n) is 8.22. The Hall–Kier alpha value is -3.17. The number of thioether (sulfide) groups is 1. The molecular weight excluding hydrogens is 398 g/mol. The van der Waals surface area contributed by atoms with Gasteiger partial charge in [0.05, 0.1) is 10.8 Å². The molecule has 0 spiro atoms. The van der Waals surface area contributed by atoms with E-state index in [0.717, 1.165) is 22.3 Å². The highest BCUT2D eigenvalue weighted by Crippen LogP contribution is 2.38. The van der Waals surface area contributed by atoms with Crippen molar-refractivity contribution >= 4 is 51.7 Å². The van der Waals surface area contributed by atoms with Crippen molar-refractivity contribution in [2.24, 2.45) is 0 Å². The van der Waals surface area contributed by atoms with Crippen molar-refractivity contribution in [1.82, 2.24) is 10.4 Å². The number of thiocarbonyl (C=S) groups is 1. The summed E-state index contributed by atoms with van der Waals surface area (Å²) in [5.74, 6) is -2.00. The van der Waals surface area contributed by atoms with Gasteiger partial charge in [-0.15, -0.1) is 0 Å². The summed E-state index contributed by atoms with van der Waals surface area (Å²) in [5, 5.41) is 13.2. The van der Waals surface area contributed by atoms with E-state index in [-0.39, 0.29) is 26.4 Å². The average Bonchev–Trinajstić information content (AvgIpc) is 3.13. The second-order valence-electron chi connectivity index (χ2n) is 6.08. The maximum Gasteiger partial charge on any atom is 0.284 e. The van der Waals surface area contributed by atoms with Gasteiger partial charge in [-0.05, 0) is 48.1 Å². The fourth-order valence-electron chi connectivity index (χ4n) is 2.94. The second kappa shape index (κ2) is 7.10. The van der Waals surface area contributed by atoms with Crippen LogP contribution in [0.4, 0.5) is 5.69 Å². The van der Waals surface area contributed by atoms with E-state index in [1.807, 2.05) is 18.2 Å². The molecule has 2 aromatic rings. The Labute approximate surface area is 169 Å². The monoisotopic (exact) mass is 411 g/mol. The Morgan fingerprint density at radius 2 is 2.00 bits per heavy atom. The molecule has 9 heteroatoms. The Kier molecular flexibility index (Phi) is 4.62. The van der Waals surface area contributed by atoms with Gasteiger partial charge in [-0.2, -0.15) is 5.01 Å². The number of hydrogen-bond donors (Lipinski definition) is 3. The lowest BCUT2D eigenvalue weighted by molar-refractivity contribution is -0.123. The van der Waals surface area contributed by atoms with E-state index in [1.165, 1.54) is 24.3 Å². The Morgan fingerprint density at radius 1 is 1.21 bits per heavy atom. The first-order chi connectivity index (χ1) is 13.4. The second-order valence-corrected chi connectivity index (χ2v) is 7.76. The third-order valence-corrected chi connectivity index (χ3v) is 5.59. The number of para-hydroxylation sites is 1. The summed E-state index contributed by atoms with van der Waals surface area (Å²) in [6, 6.07) is 13.0. The van der Waals surface area contributed by atoms with Gasteiger partial charge in [0.1, 0.15) is 5.75 Å². The number of hydrogen-bond acceptors (Lipinski definition) is 6. The third-order valence-electron chi connectivity index (χ3n) is 4.27. The zero-order valence-corrected chi connectivity index (χ0v) is 15.8. The van der Waals surface area contributed by atoms with E-state index >= 15 is 0 Å².